The molecule has 0 aliphatic rings. The molecule has 15 heavy (non-hydrogen) atoms. The molecule has 0 bridgehead atoms. The van der Waals surface area contributed by atoms with Crippen LogP contribution in [0.5, 0.6) is 0 Å². The van der Waals surface area contributed by atoms with Crippen LogP contribution in [0.25, 0.3) is 0 Å². The van der Waals surface area contributed by atoms with Crippen molar-refractivity contribution in [2.24, 2.45) is 5.92 Å². The second-order valence-corrected chi connectivity index (χ2v) is 5.57. The van der Waals surface area contributed by atoms with Crippen LogP contribution in [-0.2, 0) is 4.43 Å². The van der Waals surface area contributed by atoms with Gasteiger partial charge >= 0.3 is 0 Å². The molecule has 0 spiro atoms. The molecule has 0 unspecified atom stereocenters. The number of rotatable bonds is 11. The first kappa shape index (κ1) is 14.7. The highest BCUT2D eigenvalue weighted by atomic mass is 28.2. The summed E-state index contributed by atoms with van der Waals surface area (Å²) in [5, 5.41) is 0. The molecule has 0 heterocycles. The molecule has 0 aromatic rings. The monoisotopic (exact) mass is 226 g/mol. The van der Waals surface area contributed by atoms with Gasteiger partial charge in [0.05, 0.1) is 0 Å². The van der Waals surface area contributed by atoms with Gasteiger partial charge in [-0.15, -0.1) is 13.2 Å². The summed E-state index contributed by atoms with van der Waals surface area (Å²) < 4.78 is 5.79. The van der Waals surface area contributed by atoms with E-state index in [1.807, 2.05) is 12.2 Å². The van der Waals surface area contributed by atoms with E-state index >= 15 is 0 Å². The molecular formula is C13H26OSi. The van der Waals surface area contributed by atoms with Crippen LogP contribution in [0.15, 0.2) is 25.3 Å². The highest BCUT2D eigenvalue weighted by molar-refractivity contribution is 6.26. The number of allylic oxidation sites excluding steroid dienone is 2. The van der Waals surface area contributed by atoms with Crippen molar-refractivity contribution in [3.8, 4) is 0 Å². The molecule has 0 N–H and O–H groups in total. The van der Waals surface area contributed by atoms with Crippen molar-refractivity contribution in [1.82, 2.24) is 0 Å². The summed E-state index contributed by atoms with van der Waals surface area (Å²) in [5.74, 6) is 0.610. The van der Waals surface area contributed by atoms with E-state index in [2.05, 4.69) is 20.1 Å². The molecule has 0 aliphatic carbocycles. The average molecular weight is 226 g/mol. The first-order chi connectivity index (χ1) is 7.35. The van der Waals surface area contributed by atoms with E-state index in [1.54, 1.807) is 0 Å². The van der Waals surface area contributed by atoms with E-state index in [0.717, 1.165) is 19.4 Å². The number of hydrogen-bond acceptors (Lipinski definition) is 1. The van der Waals surface area contributed by atoms with E-state index in [9.17, 15) is 0 Å². The molecule has 1 nitrogen and oxygen atoms in total. The zero-order valence-corrected chi connectivity index (χ0v) is 11.6. The van der Waals surface area contributed by atoms with Gasteiger partial charge in [-0.1, -0.05) is 38.3 Å². The van der Waals surface area contributed by atoms with Crippen molar-refractivity contribution in [2.45, 2.75) is 45.1 Å². The molecule has 0 radical (unpaired) electrons. The van der Waals surface area contributed by atoms with Gasteiger partial charge in [-0.3, -0.25) is 0 Å². The minimum absolute atomic E-state index is 0.254. The Morgan fingerprint density at radius 3 is 2.40 bits per heavy atom. The zero-order valence-electron chi connectivity index (χ0n) is 10.2. The standard InChI is InChI=1S/C13H26OSi/c1-4-7-8-11-15-14-12-13(9-5-2)10-6-3/h5-6,13H,2-4,7-12,15H2,1H3. The van der Waals surface area contributed by atoms with Crippen LogP contribution < -0.4 is 0 Å². The van der Waals surface area contributed by atoms with Crippen molar-refractivity contribution in [1.29, 1.82) is 0 Å². The average Bonchev–Trinajstić information content (AvgIpc) is 2.24. The molecule has 88 valence electrons. The maximum absolute atomic E-state index is 5.79. The zero-order chi connectivity index (χ0) is 11.4. The Labute approximate surface area is 97.6 Å². The molecule has 0 saturated heterocycles. The molecule has 0 aliphatic heterocycles. The summed E-state index contributed by atoms with van der Waals surface area (Å²) in [4.78, 5) is 0. The number of unbranched alkanes of at least 4 members (excludes halogenated alkanes) is 2. The maximum atomic E-state index is 5.79. The Hall–Kier alpha value is -0.343. The van der Waals surface area contributed by atoms with E-state index in [-0.39, 0.29) is 9.76 Å². The molecule has 0 fully saturated rings. The van der Waals surface area contributed by atoms with Crippen LogP contribution in [0.1, 0.15) is 39.0 Å². The van der Waals surface area contributed by atoms with E-state index in [0.29, 0.717) is 5.92 Å². The van der Waals surface area contributed by atoms with Crippen molar-refractivity contribution in [3.05, 3.63) is 25.3 Å². The predicted octanol–water partition coefficient (Wildman–Crippen LogP) is 3.46. The molecule has 0 rings (SSSR count). The van der Waals surface area contributed by atoms with Crippen molar-refractivity contribution < 1.29 is 4.43 Å². The Kier molecular flexibility index (Phi) is 11.5. The lowest BCUT2D eigenvalue weighted by molar-refractivity contribution is 0.261. The normalized spacial score (nSPS) is 11.3. The smallest absolute Gasteiger partial charge is 0.161 e. The molecule has 0 aromatic carbocycles. The lowest BCUT2D eigenvalue weighted by atomic mass is 10.0. The minimum atomic E-state index is -0.254. The van der Waals surface area contributed by atoms with Gasteiger partial charge < -0.3 is 4.43 Å². The molecule has 0 aromatic heterocycles. The van der Waals surface area contributed by atoms with Gasteiger partial charge in [0.25, 0.3) is 0 Å². The Morgan fingerprint density at radius 2 is 1.87 bits per heavy atom. The van der Waals surface area contributed by atoms with Gasteiger partial charge in [0.2, 0.25) is 0 Å². The largest absolute Gasteiger partial charge is 0.424 e. The first-order valence-corrected chi connectivity index (χ1v) is 7.72. The fourth-order valence-corrected chi connectivity index (χ4v) is 2.85. The highest BCUT2D eigenvalue weighted by Gasteiger charge is 2.04. The molecule has 0 saturated carbocycles. The predicted molar refractivity (Wildman–Crippen MR) is 71.9 cm³/mol. The summed E-state index contributed by atoms with van der Waals surface area (Å²) in [7, 11) is -0.254. The highest BCUT2D eigenvalue weighted by Crippen LogP contribution is 2.10. The summed E-state index contributed by atoms with van der Waals surface area (Å²) in [6, 6.07) is 1.34. The van der Waals surface area contributed by atoms with E-state index in [4.69, 9.17) is 4.43 Å². The van der Waals surface area contributed by atoms with Gasteiger partial charge in [0.15, 0.2) is 9.76 Å². The number of hydrogen-bond donors (Lipinski definition) is 0. The van der Waals surface area contributed by atoms with Crippen LogP contribution in [-0.4, -0.2) is 16.4 Å². The third-order valence-electron chi connectivity index (χ3n) is 2.50. The minimum Gasteiger partial charge on any atom is -0.424 e. The summed E-state index contributed by atoms with van der Waals surface area (Å²) >= 11 is 0. The van der Waals surface area contributed by atoms with E-state index < -0.39 is 0 Å². The van der Waals surface area contributed by atoms with Gasteiger partial charge in [-0.25, -0.2) is 0 Å². The van der Waals surface area contributed by atoms with Crippen molar-refractivity contribution in [2.75, 3.05) is 6.61 Å². The third kappa shape index (κ3) is 9.95. The fraction of sp³-hybridized carbons (Fsp3) is 0.692. The third-order valence-corrected chi connectivity index (χ3v) is 3.81. The molecule has 2 heteroatoms. The van der Waals surface area contributed by atoms with Gasteiger partial charge in [0.1, 0.15) is 0 Å². The lowest BCUT2D eigenvalue weighted by Gasteiger charge is -2.13. The first-order valence-electron chi connectivity index (χ1n) is 6.14. The quantitative estimate of drug-likeness (QED) is 0.298. The summed E-state index contributed by atoms with van der Waals surface area (Å²) in [5.41, 5.74) is 0. The Balaban J connectivity index is 3.35. The van der Waals surface area contributed by atoms with Crippen LogP contribution in [0.3, 0.4) is 0 Å². The van der Waals surface area contributed by atoms with Crippen LogP contribution in [0.4, 0.5) is 0 Å². The van der Waals surface area contributed by atoms with Crippen molar-refractivity contribution in [3.63, 3.8) is 0 Å². The second kappa shape index (κ2) is 11.7. The van der Waals surface area contributed by atoms with Gasteiger partial charge in [0, 0.05) is 6.61 Å². The van der Waals surface area contributed by atoms with Crippen LogP contribution in [0, 0.1) is 5.92 Å². The SMILES string of the molecule is C=CCC(CC=C)CO[SiH2]CCCCC. The molecule has 0 atom stereocenters. The van der Waals surface area contributed by atoms with Gasteiger partial charge in [-0.05, 0) is 24.8 Å². The Bertz CT molecular complexity index is 147. The maximum Gasteiger partial charge on any atom is 0.161 e. The van der Waals surface area contributed by atoms with Crippen molar-refractivity contribution >= 4 is 9.76 Å². The second-order valence-electron chi connectivity index (χ2n) is 4.05. The Morgan fingerprint density at radius 1 is 1.20 bits per heavy atom. The van der Waals surface area contributed by atoms with Gasteiger partial charge in [-0.2, -0.15) is 0 Å². The summed E-state index contributed by atoms with van der Waals surface area (Å²) in [6.45, 7) is 10.7. The molecular weight excluding hydrogens is 200 g/mol. The van der Waals surface area contributed by atoms with E-state index in [1.165, 1.54) is 25.3 Å². The molecule has 0 amide bonds. The van der Waals surface area contributed by atoms with Crippen LogP contribution >= 0.6 is 0 Å². The topological polar surface area (TPSA) is 9.23 Å². The van der Waals surface area contributed by atoms with Crippen LogP contribution in [0.2, 0.25) is 6.04 Å². The fourth-order valence-electron chi connectivity index (χ4n) is 1.58. The lowest BCUT2D eigenvalue weighted by Crippen LogP contribution is -2.10. The summed E-state index contributed by atoms with van der Waals surface area (Å²) in [6.07, 6.45) is 10.1.